The SMILES string of the molecule is C[Si](C)(C)O/N=C1/CCCCCCCCC1C#N. The molecule has 0 amide bonds. The third kappa shape index (κ3) is 6.20. The van der Waals surface area contributed by atoms with Crippen LogP contribution in [0.25, 0.3) is 0 Å². The lowest BCUT2D eigenvalue weighted by Gasteiger charge is -2.18. The van der Waals surface area contributed by atoms with Crippen LogP contribution in [0.1, 0.15) is 51.4 Å². The molecule has 3 nitrogen and oxygen atoms in total. The van der Waals surface area contributed by atoms with E-state index in [2.05, 4.69) is 30.9 Å². The average Bonchev–Trinajstić information content (AvgIpc) is 2.32. The Kier molecular flexibility index (Phi) is 6.41. The molecule has 0 N–H and O–H groups in total. The van der Waals surface area contributed by atoms with Gasteiger partial charge in [-0.25, -0.2) is 0 Å². The molecule has 0 aromatic heterocycles. The van der Waals surface area contributed by atoms with Gasteiger partial charge in [-0.1, -0.05) is 32.1 Å². The van der Waals surface area contributed by atoms with Crippen LogP contribution in [0.2, 0.25) is 19.6 Å². The number of hydrogen-bond donors (Lipinski definition) is 0. The minimum absolute atomic E-state index is 0.0283. The molecule has 1 fully saturated rings. The summed E-state index contributed by atoms with van der Waals surface area (Å²) >= 11 is 0. The van der Waals surface area contributed by atoms with E-state index in [0.717, 1.165) is 31.4 Å². The number of rotatable bonds is 2. The van der Waals surface area contributed by atoms with Crippen molar-refractivity contribution in [3.05, 3.63) is 0 Å². The molecule has 1 aliphatic carbocycles. The standard InChI is InChI=1S/C14H26N2OSi/c1-18(2,3)17-16-14-11-9-7-5-4-6-8-10-13(14)12-15/h13H,4-11H2,1-3H3/b16-14-. The minimum atomic E-state index is -1.63. The summed E-state index contributed by atoms with van der Waals surface area (Å²) < 4.78 is 5.65. The fraction of sp³-hybridized carbons (Fsp3) is 0.857. The number of nitrogens with zero attached hydrogens (tertiary/aromatic N) is 2. The van der Waals surface area contributed by atoms with Crippen LogP contribution < -0.4 is 0 Å². The Labute approximate surface area is 112 Å². The zero-order valence-electron chi connectivity index (χ0n) is 12.0. The van der Waals surface area contributed by atoms with Crippen molar-refractivity contribution in [1.82, 2.24) is 0 Å². The topological polar surface area (TPSA) is 45.4 Å². The van der Waals surface area contributed by atoms with Gasteiger partial charge in [-0.3, -0.25) is 0 Å². The van der Waals surface area contributed by atoms with Gasteiger partial charge in [0, 0.05) is 0 Å². The molecule has 18 heavy (non-hydrogen) atoms. The van der Waals surface area contributed by atoms with Crippen LogP contribution in [-0.4, -0.2) is 14.0 Å². The van der Waals surface area contributed by atoms with E-state index < -0.39 is 8.32 Å². The first-order valence-corrected chi connectivity index (χ1v) is 10.6. The van der Waals surface area contributed by atoms with Crippen LogP contribution in [0, 0.1) is 17.2 Å². The van der Waals surface area contributed by atoms with E-state index >= 15 is 0 Å². The Hall–Kier alpha value is -0.823. The molecule has 102 valence electrons. The van der Waals surface area contributed by atoms with Gasteiger partial charge in [-0.15, -0.1) is 5.16 Å². The summed E-state index contributed by atoms with van der Waals surface area (Å²) in [6.45, 7) is 6.37. The first-order chi connectivity index (χ1) is 8.53. The highest BCUT2D eigenvalue weighted by Crippen LogP contribution is 2.20. The number of oxime groups is 1. The van der Waals surface area contributed by atoms with Gasteiger partial charge in [-0.2, -0.15) is 5.26 Å². The van der Waals surface area contributed by atoms with Crippen molar-refractivity contribution in [3.8, 4) is 6.07 Å². The zero-order valence-corrected chi connectivity index (χ0v) is 13.0. The molecule has 0 bridgehead atoms. The summed E-state index contributed by atoms with van der Waals surface area (Å²) in [6, 6.07) is 2.41. The van der Waals surface area contributed by atoms with Gasteiger partial charge in [-0.05, 0) is 38.9 Å². The van der Waals surface area contributed by atoms with Crippen LogP contribution >= 0.6 is 0 Å². The van der Waals surface area contributed by atoms with E-state index in [1.54, 1.807) is 0 Å². The summed E-state index contributed by atoms with van der Waals surface area (Å²) in [6.07, 6.45) is 9.31. The first-order valence-electron chi connectivity index (χ1n) is 7.17. The van der Waals surface area contributed by atoms with Crippen molar-refractivity contribution >= 4 is 14.0 Å². The lowest BCUT2D eigenvalue weighted by molar-refractivity contribution is 0.329. The predicted octanol–water partition coefficient (Wildman–Crippen LogP) is 4.47. The van der Waals surface area contributed by atoms with Crippen LogP contribution in [0.5, 0.6) is 0 Å². The molecular weight excluding hydrogens is 240 g/mol. The molecule has 1 saturated carbocycles. The Bertz CT molecular complexity index is 315. The first kappa shape index (κ1) is 15.2. The van der Waals surface area contributed by atoms with Gasteiger partial charge in [0.25, 0.3) is 8.32 Å². The molecule has 4 heteroatoms. The number of nitriles is 1. The number of hydrogen-bond acceptors (Lipinski definition) is 3. The second-order valence-corrected chi connectivity index (χ2v) is 10.5. The molecular formula is C14H26N2OSi. The quantitative estimate of drug-likeness (QED) is 0.547. The van der Waals surface area contributed by atoms with E-state index in [-0.39, 0.29) is 5.92 Å². The third-order valence-corrected chi connectivity index (χ3v) is 3.81. The minimum Gasteiger partial charge on any atom is -0.456 e. The molecule has 1 unspecified atom stereocenters. The van der Waals surface area contributed by atoms with Gasteiger partial charge < -0.3 is 4.53 Å². The van der Waals surface area contributed by atoms with Crippen molar-refractivity contribution in [2.75, 3.05) is 0 Å². The van der Waals surface area contributed by atoms with E-state index in [1.807, 2.05) is 0 Å². The molecule has 0 spiro atoms. The van der Waals surface area contributed by atoms with Crippen LogP contribution in [-0.2, 0) is 4.53 Å². The molecule has 1 aliphatic rings. The summed E-state index contributed by atoms with van der Waals surface area (Å²) in [5.74, 6) is -0.0283. The molecule has 0 aromatic rings. The maximum absolute atomic E-state index is 9.29. The van der Waals surface area contributed by atoms with E-state index in [9.17, 15) is 5.26 Å². The average molecular weight is 266 g/mol. The lowest BCUT2D eigenvalue weighted by atomic mass is 9.91. The van der Waals surface area contributed by atoms with Crippen molar-refractivity contribution in [3.63, 3.8) is 0 Å². The lowest BCUT2D eigenvalue weighted by Crippen LogP contribution is -2.24. The molecule has 0 aromatic carbocycles. The monoisotopic (exact) mass is 266 g/mol. The molecule has 0 saturated heterocycles. The molecule has 1 atom stereocenters. The van der Waals surface area contributed by atoms with E-state index in [4.69, 9.17) is 4.53 Å². The summed E-state index contributed by atoms with van der Waals surface area (Å²) in [4.78, 5) is 0. The van der Waals surface area contributed by atoms with Gasteiger partial charge in [0.05, 0.1) is 17.7 Å². The predicted molar refractivity (Wildman–Crippen MR) is 77.9 cm³/mol. The molecule has 0 heterocycles. The second-order valence-electron chi connectivity index (χ2n) is 6.13. The van der Waals surface area contributed by atoms with Gasteiger partial charge >= 0.3 is 0 Å². The molecule has 0 radical (unpaired) electrons. The van der Waals surface area contributed by atoms with Crippen molar-refractivity contribution in [1.29, 1.82) is 5.26 Å². The zero-order chi connectivity index (χ0) is 13.4. The normalized spacial score (nSPS) is 25.4. The fourth-order valence-electron chi connectivity index (χ4n) is 2.15. The molecule has 1 rings (SSSR count). The van der Waals surface area contributed by atoms with Crippen molar-refractivity contribution in [2.24, 2.45) is 11.1 Å². The second kappa shape index (κ2) is 7.58. The van der Waals surface area contributed by atoms with Crippen LogP contribution in [0.3, 0.4) is 0 Å². The summed E-state index contributed by atoms with van der Waals surface area (Å²) in [7, 11) is -1.63. The third-order valence-electron chi connectivity index (χ3n) is 3.17. The van der Waals surface area contributed by atoms with Gasteiger partial charge in [0.1, 0.15) is 0 Å². The Morgan fingerprint density at radius 2 is 1.72 bits per heavy atom. The maximum Gasteiger partial charge on any atom is 0.278 e. The van der Waals surface area contributed by atoms with Crippen molar-refractivity contribution in [2.45, 2.75) is 71.0 Å². The summed E-state index contributed by atoms with van der Waals surface area (Å²) in [5, 5.41) is 13.6. The fourth-order valence-corrected chi connectivity index (χ4v) is 2.54. The van der Waals surface area contributed by atoms with Gasteiger partial charge in [0.15, 0.2) is 0 Å². The highest BCUT2D eigenvalue weighted by molar-refractivity contribution is 6.69. The van der Waals surface area contributed by atoms with Gasteiger partial charge in [0.2, 0.25) is 0 Å². The molecule has 0 aliphatic heterocycles. The van der Waals surface area contributed by atoms with Crippen LogP contribution in [0.4, 0.5) is 0 Å². The van der Waals surface area contributed by atoms with Crippen molar-refractivity contribution < 1.29 is 4.53 Å². The smallest absolute Gasteiger partial charge is 0.278 e. The van der Waals surface area contributed by atoms with E-state index in [0.29, 0.717) is 0 Å². The maximum atomic E-state index is 9.29. The van der Waals surface area contributed by atoms with E-state index in [1.165, 1.54) is 25.7 Å². The highest BCUT2D eigenvalue weighted by atomic mass is 28.4. The Morgan fingerprint density at radius 3 is 2.33 bits per heavy atom. The highest BCUT2D eigenvalue weighted by Gasteiger charge is 2.20. The largest absolute Gasteiger partial charge is 0.456 e. The Morgan fingerprint density at radius 1 is 1.11 bits per heavy atom. The Balaban J connectivity index is 2.69. The van der Waals surface area contributed by atoms with Crippen LogP contribution in [0.15, 0.2) is 5.16 Å². The summed E-state index contributed by atoms with van der Waals surface area (Å²) in [5.41, 5.74) is 0.988.